The second-order valence-electron chi connectivity index (χ2n) is 8.59. The van der Waals surface area contributed by atoms with Gasteiger partial charge in [0, 0.05) is 32.7 Å². The van der Waals surface area contributed by atoms with Gasteiger partial charge in [0.25, 0.3) is 0 Å². The first kappa shape index (κ1) is 27.2. The van der Waals surface area contributed by atoms with Crippen molar-refractivity contribution in [2.45, 2.75) is 26.9 Å². The van der Waals surface area contributed by atoms with Crippen molar-refractivity contribution in [2.24, 2.45) is 0 Å². The van der Waals surface area contributed by atoms with Gasteiger partial charge in [-0.1, -0.05) is 30.3 Å². The first-order valence-electron chi connectivity index (χ1n) is 12.3. The van der Waals surface area contributed by atoms with Gasteiger partial charge in [-0.2, -0.15) is 0 Å². The first-order chi connectivity index (χ1) is 17.4. The lowest BCUT2D eigenvalue weighted by atomic mass is 10.2. The van der Waals surface area contributed by atoms with Gasteiger partial charge in [0.2, 0.25) is 5.91 Å². The molecule has 0 bridgehead atoms. The Hall–Kier alpha value is -3.37. The van der Waals surface area contributed by atoms with E-state index >= 15 is 0 Å². The zero-order valence-corrected chi connectivity index (χ0v) is 21.1. The van der Waals surface area contributed by atoms with Gasteiger partial charge in [-0.3, -0.25) is 14.5 Å². The third kappa shape index (κ3) is 9.01. The minimum Gasteiger partial charge on any atom is -0.465 e. The Balaban J connectivity index is 1.70. The lowest BCUT2D eigenvalue weighted by Gasteiger charge is -2.31. The van der Waals surface area contributed by atoms with Crippen LogP contribution in [-0.4, -0.2) is 91.7 Å². The van der Waals surface area contributed by atoms with Crippen LogP contribution in [0.5, 0.6) is 0 Å². The monoisotopic (exact) mass is 500 g/mol. The molecule has 196 valence electrons. The Morgan fingerprint density at radius 2 is 1.78 bits per heavy atom. The molecule has 3 rings (SSSR count). The molecule has 1 aliphatic heterocycles. The Labute approximate surface area is 212 Å². The first-order valence-corrected chi connectivity index (χ1v) is 12.3. The van der Waals surface area contributed by atoms with Gasteiger partial charge in [-0.25, -0.2) is 4.79 Å². The molecule has 10 nitrogen and oxygen atoms in total. The maximum Gasteiger partial charge on any atom is 0.325 e. The Morgan fingerprint density at radius 1 is 1.03 bits per heavy atom. The number of furan rings is 1. The normalized spacial score (nSPS) is 13.7. The summed E-state index contributed by atoms with van der Waals surface area (Å²) in [4.78, 5) is 43.5. The summed E-state index contributed by atoms with van der Waals surface area (Å²) in [6, 6.07) is 12.9. The molecule has 1 N–H and O–H groups in total. The number of hydrogen-bond acceptors (Lipinski definition) is 7. The number of hydrogen-bond donors (Lipinski definition) is 1. The minimum absolute atomic E-state index is 0.133. The lowest BCUT2D eigenvalue weighted by molar-refractivity contribution is -0.141. The fourth-order valence-electron chi connectivity index (χ4n) is 3.87. The van der Waals surface area contributed by atoms with Crippen molar-refractivity contribution in [1.82, 2.24) is 20.0 Å². The molecule has 0 atom stereocenters. The zero-order valence-electron chi connectivity index (χ0n) is 21.1. The van der Waals surface area contributed by atoms with E-state index in [2.05, 4.69) is 10.2 Å². The quantitative estimate of drug-likeness (QED) is 0.445. The van der Waals surface area contributed by atoms with Crippen LogP contribution >= 0.6 is 0 Å². The number of urea groups is 1. The van der Waals surface area contributed by atoms with Crippen LogP contribution in [0.15, 0.2) is 46.9 Å². The van der Waals surface area contributed by atoms with Crippen molar-refractivity contribution in [3.05, 3.63) is 59.5 Å². The number of nitrogens with zero attached hydrogens (tertiary/aromatic N) is 3. The van der Waals surface area contributed by atoms with Crippen LogP contribution < -0.4 is 5.32 Å². The Morgan fingerprint density at radius 3 is 2.44 bits per heavy atom. The van der Waals surface area contributed by atoms with Gasteiger partial charge in [0.05, 0.1) is 26.4 Å². The van der Waals surface area contributed by atoms with Gasteiger partial charge in [-0.15, -0.1) is 0 Å². The summed E-state index contributed by atoms with van der Waals surface area (Å²) in [5.74, 6) is 0.691. The maximum absolute atomic E-state index is 13.5. The predicted molar refractivity (Wildman–Crippen MR) is 133 cm³/mol. The van der Waals surface area contributed by atoms with E-state index in [4.69, 9.17) is 13.9 Å². The average molecular weight is 501 g/mol. The highest BCUT2D eigenvalue weighted by Gasteiger charge is 2.24. The standard InChI is InChI=1S/C26H36N4O6/c1-3-35-25(32)17-27-26(33)29(12-11-28-13-15-34-16-14-28)20-24(31)30(18-22-7-5-4-6-8-22)19-23-10-9-21(2)36-23/h4-10H,3,11-20H2,1-2H3,(H,27,33). The van der Waals surface area contributed by atoms with E-state index in [9.17, 15) is 14.4 Å². The molecule has 3 amide bonds. The second-order valence-corrected chi connectivity index (χ2v) is 8.59. The Kier molecular flexibility index (Phi) is 10.8. The maximum atomic E-state index is 13.5. The number of ether oxygens (including phenoxy) is 2. The van der Waals surface area contributed by atoms with Crippen LogP contribution in [0.1, 0.15) is 24.0 Å². The average Bonchev–Trinajstić information content (AvgIpc) is 3.30. The molecule has 36 heavy (non-hydrogen) atoms. The summed E-state index contributed by atoms with van der Waals surface area (Å²) in [6.45, 7) is 7.80. The van der Waals surface area contributed by atoms with Crippen molar-refractivity contribution >= 4 is 17.9 Å². The molecular formula is C26H36N4O6. The minimum atomic E-state index is -0.524. The molecule has 2 heterocycles. The van der Waals surface area contributed by atoms with E-state index in [1.54, 1.807) is 11.8 Å². The van der Waals surface area contributed by atoms with E-state index in [0.717, 1.165) is 24.4 Å². The molecule has 0 unspecified atom stereocenters. The van der Waals surface area contributed by atoms with Crippen molar-refractivity contribution in [1.29, 1.82) is 0 Å². The van der Waals surface area contributed by atoms with Gasteiger partial charge in [-0.05, 0) is 31.5 Å². The van der Waals surface area contributed by atoms with E-state index in [-0.39, 0.29) is 32.1 Å². The number of rotatable bonds is 12. The smallest absolute Gasteiger partial charge is 0.325 e. The highest BCUT2D eigenvalue weighted by atomic mass is 16.5. The SMILES string of the molecule is CCOC(=O)CNC(=O)N(CCN1CCOCC1)CC(=O)N(Cc1ccccc1)Cc1ccc(C)o1. The van der Waals surface area contributed by atoms with Crippen LogP contribution in [0.2, 0.25) is 0 Å². The van der Waals surface area contributed by atoms with Gasteiger partial charge in [0.15, 0.2) is 0 Å². The summed E-state index contributed by atoms with van der Waals surface area (Å²) in [6.07, 6.45) is 0. The topological polar surface area (TPSA) is 105 Å². The number of nitrogens with one attached hydrogen (secondary N) is 1. The van der Waals surface area contributed by atoms with Crippen LogP contribution in [0.4, 0.5) is 4.79 Å². The number of carbonyl (C=O) groups is 3. The van der Waals surface area contributed by atoms with Crippen LogP contribution in [0, 0.1) is 6.92 Å². The van der Waals surface area contributed by atoms with Gasteiger partial charge in [0.1, 0.15) is 24.6 Å². The lowest BCUT2D eigenvalue weighted by Crippen LogP contribution is -2.50. The van der Waals surface area contributed by atoms with E-state index in [0.29, 0.717) is 38.6 Å². The second kappa shape index (κ2) is 14.3. The molecule has 0 saturated carbocycles. The number of benzene rings is 1. The number of amides is 3. The predicted octanol–water partition coefficient (Wildman–Crippen LogP) is 2.02. The Bertz CT molecular complexity index is 974. The van der Waals surface area contributed by atoms with Crippen LogP contribution in [0.3, 0.4) is 0 Å². The van der Waals surface area contributed by atoms with E-state index < -0.39 is 12.0 Å². The van der Waals surface area contributed by atoms with Crippen molar-refractivity contribution in [3.8, 4) is 0 Å². The summed E-state index contributed by atoms with van der Waals surface area (Å²) < 4.78 is 16.0. The molecule has 1 aliphatic rings. The third-order valence-electron chi connectivity index (χ3n) is 5.80. The summed E-state index contributed by atoms with van der Waals surface area (Å²) in [5, 5.41) is 2.58. The van der Waals surface area contributed by atoms with E-state index in [1.807, 2.05) is 49.4 Å². The number of carbonyl (C=O) groups excluding carboxylic acids is 3. The highest BCUT2D eigenvalue weighted by molar-refractivity contribution is 5.86. The van der Waals surface area contributed by atoms with E-state index in [1.165, 1.54) is 4.90 Å². The molecule has 1 saturated heterocycles. The summed E-state index contributed by atoms with van der Waals surface area (Å²) >= 11 is 0. The number of morpholine rings is 1. The number of esters is 1. The molecule has 0 aliphatic carbocycles. The zero-order chi connectivity index (χ0) is 25.8. The fraction of sp³-hybridized carbons (Fsp3) is 0.500. The third-order valence-corrected chi connectivity index (χ3v) is 5.80. The van der Waals surface area contributed by atoms with Crippen molar-refractivity contribution in [2.75, 3.05) is 59.1 Å². The van der Waals surface area contributed by atoms with Gasteiger partial charge >= 0.3 is 12.0 Å². The van der Waals surface area contributed by atoms with Gasteiger partial charge < -0.3 is 29.0 Å². The molecule has 2 aromatic rings. The van der Waals surface area contributed by atoms with Crippen LogP contribution in [-0.2, 0) is 32.2 Å². The molecule has 1 aromatic heterocycles. The van der Waals surface area contributed by atoms with Crippen LogP contribution in [0.25, 0.3) is 0 Å². The van der Waals surface area contributed by atoms with Crippen molar-refractivity contribution < 1.29 is 28.3 Å². The largest absolute Gasteiger partial charge is 0.465 e. The summed E-state index contributed by atoms with van der Waals surface area (Å²) in [7, 11) is 0. The highest BCUT2D eigenvalue weighted by Crippen LogP contribution is 2.14. The molecule has 0 spiro atoms. The van der Waals surface area contributed by atoms with Crippen molar-refractivity contribution in [3.63, 3.8) is 0 Å². The fourth-order valence-corrected chi connectivity index (χ4v) is 3.87. The summed E-state index contributed by atoms with van der Waals surface area (Å²) in [5.41, 5.74) is 0.973. The molecule has 10 heteroatoms. The molecule has 1 fully saturated rings. The molecule has 1 aromatic carbocycles. The molecule has 0 radical (unpaired) electrons. The number of aryl methyl sites for hydroxylation is 1. The molecular weight excluding hydrogens is 464 g/mol.